The number of phenols is 1. The predicted octanol–water partition coefficient (Wildman–Crippen LogP) is 2.51. The van der Waals surface area contributed by atoms with Crippen LogP contribution in [0.5, 0.6) is 5.75 Å². The molecule has 0 heterocycles. The summed E-state index contributed by atoms with van der Waals surface area (Å²) in [5, 5.41) is 9.16. The lowest BCUT2D eigenvalue weighted by atomic mass is 10.00. The minimum absolute atomic E-state index is 0.182. The smallest absolute Gasteiger partial charge is 0.201 e. The molecule has 0 fully saturated rings. The summed E-state index contributed by atoms with van der Waals surface area (Å²) in [4.78, 5) is 11.4. The van der Waals surface area contributed by atoms with Gasteiger partial charge in [-0.15, -0.1) is 0 Å². The molecule has 0 aliphatic heterocycles. The number of carbonyl (C=O) groups is 1. The second-order valence-corrected chi connectivity index (χ2v) is 3.28. The van der Waals surface area contributed by atoms with Gasteiger partial charge >= 0.3 is 0 Å². The molecule has 1 N–H and O–H groups in total. The molecule has 1 aromatic carbocycles. The number of rotatable bonds is 2. The summed E-state index contributed by atoms with van der Waals surface area (Å²) in [6.07, 6.45) is 0. The monoisotopic (exact) mass is 200 g/mol. The van der Waals surface area contributed by atoms with Crippen LogP contribution in [0.1, 0.15) is 24.2 Å². The van der Waals surface area contributed by atoms with Crippen molar-refractivity contribution in [2.24, 2.45) is 5.92 Å². The van der Waals surface area contributed by atoms with E-state index < -0.39 is 23.2 Å². The van der Waals surface area contributed by atoms with Gasteiger partial charge in [0.15, 0.2) is 17.3 Å². The number of benzene rings is 1. The first-order valence-corrected chi connectivity index (χ1v) is 4.16. The van der Waals surface area contributed by atoms with Gasteiger partial charge in [0.1, 0.15) is 0 Å². The van der Waals surface area contributed by atoms with E-state index in [0.717, 1.165) is 12.1 Å². The molecular formula is C10H10F2O2. The number of phenolic OH excluding ortho intramolecular Hbond substituents is 1. The highest BCUT2D eigenvalue weighted by molar-refractivity contribution is 5.99. The van der Waals surface area contributed by atoms with Crippen LogP contribution in [0.2, 0.25) is 0 Å². The first-order valence-electron chi connectivity index (χ1n) is 4.16. The molecule has 0 saturated heterocycles. The van der Waals surface area contributed by atoms with Gasteiger partial charge in [0, 0.05) is 5.92 Å². The second kappa shape index (κ2) is 3.74. The van der Waals surface area contributed by atoms with E-state index in [1.165, 1.54) is 0 Å². The van der Waals surface area contributed by atoms with Crippen LogP contribution in [0.4, 0.5) is 8.78 Å². The summed E-state index contributed by atoms with van der Waals surface area (Å²) in [6.45, 7) is 3.23. The molecule has 0 radical (unpaired) electrons. The number of aromatic hydroxyl groups is 1. The van der Waals surface area contributed by atoms with E-state index in [4.69, 9.17) is 5.11 Å². The summed E-state index contributed by atoms with van der Waals surface area (Å²) in [5.41, 5.74) is -0.182. The molecule has 0 aliphatic carbocycles. The number of carbonyl (C=O) groups excluding carboxylic acids is 1. The molecule has 4 heteroatoms. The normalized spacial score (nSPS) is 10.6. The fourth-order valence-electron chi connectivity index (χ4n) is 1.05. The Hall–Kier alpha value is -1.45. The van der Waals surface area contributed by atoms with E-state index in [9.17, 15) is 13.6 Å². The lowest BCUT2D eigenvalue weighted by molar-refractivity contribution is 0.0935. The molecule has 14 heavy (non-hydrogen) atoms. The van der Waals surface area contributed by atoms with Crippen LogP contribution in [-0.4, -0.2) is 10.9 Å². The van der Waals surface area contributed by atoms with Gasteiger partial charge in [-0.2, -0.15) is 4.39 Å². The van der Waals surface area contributed by atoms with Crippen molar-refractivity contribution in [1.29, 1.82) is 0 Å². The Balaban J connectivity index is 3.24. The zero-order valence-corrected chi connectivity index (χ0v) is 7.84. The van der Waals surface area contributed by atoms with E-state index in [-0.39, 0.29) is 11.5 Å². The molecule has 0 saturated carbocycles. The molecule has 76 valence electrons. The number of hydrogen-bond donors (Lipinski definition) is 1. The Kier molecular flexibility index (Phi) is 2.84. The van der Waals surface area contributed by atoms with Crippen molar-refractivity contribution in [3.8, 4) is 5.75 Å². The van der Waals surface area contributed by atoms with Crippen molar-refractivity contribution >= 4 is 5.78 Å². The molecule has 0 bridgehead atoms. The Bertz CT molecular complexity index is 373. The van der Waals surface area contributed by atoms with Crippen molar-refractivity contribution in [3.63, 3.8) is 0 Å². The van der Waals surface area contributed by atoms with Crippen LogP contribution in [0.25, 0.3) is 0 Å². The van der Waals surface area contributed by atoms with Gasteiger partial charge in [0.2, 0.25) is 5.82 Å². The van der Waals surface area contributed by atoms with Crippen molar-refractivity contribution in [2.75, 3.05) is 0 Å². The average molecular weight is 200 g/mol. The van der Waals surface area contributed by atoms with E-state index in [0.29, 0.717) is 0 Å². The van der Waals surface area contributed by atoms with Crippen molar-refractivity contribution in [3.05, 3.63) is 29.3 Å². The van der Waals surface area contributed by atoms with Crippen LogP contribution in [0.15, 0.2) is 12.1 Å². The Morgan fingerprint density at radius 1 is 1.36 bits per heavy atom. The third-order valence-corrected chi connectivity index (χ3v) is 1.86. The van der Waals surface area contributed by atoms with Gasteiger partial charge in [-0.3, -0.25) is 4.79 Å². The standard InChI is InChI=1S/C10H10F2O2/c1-5(2)9(13)6-3-4-7(11)8(12)10(6)14/h3-5,14H,1-2H3. The highest BCUT2D eigenvalue weighted by Gasteiger charge is 2.19. The molecule has 0 unspecified atom stereocenters. The molecule has 0 amide bonds. The Morgan fingerprint density at radius 3 is 2.43 bits per heavy atom. The SMILES string of the molecule is CC(C)C(=O)c1ccc(F)c(F)c1O. The van der Waals surface area contributed by atoms with Crippen LogP contribution < -0.4 is 0 Å². The van der Waals surface area contributed by atoms with E-state index >= 15 is 0 Å². The fourth-order valence-corrected chi connectivity index (χ4v) is 1.05. The summed E-state index contributed by atoms with van der Waals surface area (Å²) >= 11 is 0. The highest BCUT2D eigenvalue weighted by atomic mass is 19.2. The number of hydrogen-bond acceptors (Lipinski definition) is 2. The highest BCUT2D eigenvalue weighted by Crippen LogP contribution is 2.25. The average Bonchev–Trinajstić information content (AvgIpc) is 2.13. The summed E-state index contributed by atoms with van der Waals surface area (Å²) < 4.78 is 25.4. The summed E-state index contributed by atoms with van der Waals surface area (Å²) in [6, 6.07) is 1.90. The Morgan fingerprint density at radius 2 is 1.93 bits per heavy atom. The first-order chi connectivity index (χ1) is 6.45. The molecule has 0 aromatic heterocycles. The maximum atomic E-state index is 12.8. The summed E-state index contributed by atoms with van der Waals surface area (Å²) in [7, 11) is 0. The van der Waals surface area contributed by atoms with Crippen molar-refractivity contribution in [1.82, 2.24) is 0 Å². The third-order valence-electron chi connectivity index (χ3n) is 1.86. The molecular weight excluding hydrogens is 190 g/mol. The predicted molar refractivity (Wildman–Crippen MR) is 47.2 cm³/mol. The maximum absolute atomic E-state index is 12.8. The molecule has 1 aromatic rings. The zero-order valence-electron chi connectivity index (χ0n) is 7.84. The van der Waals surface area contributed by atoms with Gasteiger partial charge in [0.25, 0.3) is 0 Å². The van der Waals surface area contributed by atoms with Crippen LogP contribution in [0.3, 0.4) is 0 Å². The van der Waals surface area contributed by atoms with E-state index in [2.05, 4.69) is 0 Å². The van der Waals surface area contributed by atoms with E-state index in [1.54, 1.807) is 13.8 Å². The van der Waals surface area contributed by atoms with Gasteiger partial charge < -0.3 is 5.11 Å². The van der Waals surface area contributed by atoms with E-state index in [1.807, 2.05) is 0 Å². The lowest BCUT2D eigenvalue weighted by Gasteiger charge is -2.07. The van der Waals surface area contributed by atoms with Crippen LogP contribution in [0, 0.1) is 17.6 Å². The van der Waals surface area contributed by atoms with Gasteiger partial charge in [-0.1, -0.05) is 13.8 Å². The molecule has 0 aliphatic rings. The fraction of sp³-hybridized carbons (Fsp3) is 0.300. The molecule has 2 nitrogen and oxygen atoms in total. The topological polar surface area (TPSA) is 37.3 Å². The van der Waals surface area contributed by atoms with Crippen molar-refractivity contribution in [2.45, 2.75) is 13.8 Å². The number of halogens is 2. The first kappa shape index (κ1) is 10.6. The van der Waals surface area contributed by atoms with Crippen molar-refractivity contribution < 1.29 is 18.7 Å². The van der Waals surface area contributed by atoms with Crippen LogP contribution >= 0.6 is 0 Å². The second-order valence-electron chi connectivity index (χ2n) is 3.28. The minimum Gasteiger partial charge on any atom is -0.504 e. The number of ketones is 1. The third kappa shape index (κ3) is 1.73. The van der Waals surface area contributed by atoms with Crippen LogP contribution in [-0.2, 0) is 0 Å². The zero-order chi connectivity index (χ0) is 10.9. The van der Waals surface area contributed by atoms with Gasteiger partial charge in [0.05, 0.1) is 5.56 Å². The molecule has 1 rings (SSSR count). The maximum Gasteiger partial charge on any atom is 0.201 e. The molecule has 0 spiro atoms. The lowest BCUT2D eigenvalue weighted by Crippen LogP contribution is -2.08. The minimum atomic E-state index is -1.38. The summed E-state index contributed by atoms with van der Waals surface area (Å²) in [5.74, 6) is -4.24. The number of Topliss-reactive ketones (excluding diaryl/α,β-unsaturated/α-hetero) is 1. The van der Waals surface area contributed by atoms with Gasteiger partial charge in [-0.25, -0.2) is 4.39 Å². The largest absolute Gasteiger partial charge is 0.504 e. The quantitative estimate of drug-likeness (QED) is 0.745. The molecule has 0 atom stereocenters. The van der Waals surface area contributed by atoms with Gasteiger partial charge in [-0.05, 0) is 12.1 Å². The Labute approximate surface area is 80.2 Å².